The number of benzene rings is 9. The van der Waals surface area contributed by atoms with Crippen LogP contribution in [0.1, 0.15) is 70.8 Å². The van der Waals surface area contributed by atoms with Gasteiger partial charge >= 0.3 is 0 Å². The van der Waals surface area contributed by atoms with Crippen LogP contribution < -0.4 is 60.3 Å². The third-order valence-electron chi connectivity index (χ3n) is 20.6. The number of hydrogen-bond donors (Lipinski definition) is 6. The van der Waals surface area contributed by atoms with Crippen LogP contribution >= 0.6 is 35.3 Å². The van der Waals surface area contributed by atoms with Crippen LogP contribution in [0.3, 0.4) is 0 Å². The van der Waals surface area contributed by atoms with Crippen molar-refractivity contribution in [1.29, 1.82) is 0 Å². The van der Waals surface area contributed by atoms with Gasteiger partial charge in [0.2, 0.25) is 53.5 Å². The minimum Gasteiger partial charge on any atom is -0.496 e. The van der Waals surface area contributed by atoms with Gasteiger partial charge in [-0.1, -0.05) is 18.2 Å². The van der Waals surface area contributed by atoms with Gasteiger partial charge in [-0.05, 0) is 261 Å². The molecule has 15 rings (SSSR count). The van der Waals surface area contributed by atoms with Crippen molar-refractivity contribution in [2.24, 2.45) is 0 Å². The first-order chi connectivity index (χ1) is 61.1. The van der Waals surface area contributed by atoms with E-state index in [9.17, 15) is 0 Å². The third-order valence-corrected chi connectivity index (χ3v) is 23.1. The van der Waals surface area contributed by atoms with Crippen molar-refractivity contribution < 1.29 is 42.6 Å². The number of fused-ring (bicyclic) bond motifs is 3. The Morgan fingerprint density at radius 3 is 0.841 bits per heavy atom. The predicted octanol–water partition coefficient (Wildman–Crippen LogP) is 22.1. The van der Waals surface area contributed by atoms with Gasteiger partial charge in [-0.3, -0.25) is 13.7 Å². The molecule has 9 aromatic carbocycles. The van der Waals surface area contributed by atoms with Gasteiger partial charge in [-0.25, -0.2) is 0 Å². The van der Waals surface area contributed by atoms with E-state index in [2.05, 4.69) is 201 Å². The van der Waals surface area contributed by atoms with E-state index in [0.29, 0.717) is 130 Å². The maximum absolute atomic E-state index is 5.96. The third kappa shape index (κ3) is 23.6. The molecule has 0 saturated carbocycles. The summed E-state index contributed by atoms with van der Waals surface area (Å²) in [6.07, 6.45) is 19.0. The molecule has 0 saturated heterocycles. The lowest BCUT2D eigenvalue weighted by Crippen LogP contribution is -2.11. The summed E-state index contributed by atoms with van der Waals surface area (Å²) in [7, 11) is 4.91. The van der Waals surface area contributed by atoms with Gasteiger partial charge in [-0.2, -0.15) is 44.9 Å². The maximum atomic E-state index is 5.96. The lowest BCUT2D eigenvalue weighted by Gasteiger charge is -2.15. The number of methoxy groups -OCH3 is 3. The topological polar surface area (TPSA) is 286 Å². The van der Waals surface area contributed by atoms with Crippen molar-refractivity contribution >= 4 is 137 Å². The standard InChI is InChI=1S/C36H48N6O7.C33H30N6S3.C27H30N6O2/c1-7-44-16-19-47-31-22-27(12-10-25(31)4)37-34-40-35(38-28-13-11-26(5)32(23-28)48-20-17-45-8-2)42-36(41-34)39-29-14-15-30(43-6)33(24-29)49-21-18-46-9-3;1-19-7-22-13-37(14-23(22)8-20(19)2)31-34-32(38-15-24-9-21(3)28(40-4)10-25(24)16-38)36-33(35-31)39-17-26-11-29(41-5)30(42-6)12-27(26)18-39;1-16-7-8-20(13-17(16)2)28-25-31-26(29-21-9-11-23(34-5)18(3)14-21)33-27(32-25)30-22-10-12-24(35-6)19(4)15-22/h10-15,22-24H,7-9,16-21H2,1-6H3,(H3,37,38,39,40,41,42);7-18H,1-6H3;7-15H,1-6H3,(H3,28,29,30,31,32,33). The monoisotopic (exact) mass is 1750 g/mol. The number of anilines is 12. The SMILES string of the molecule is CCOCCOc1cc(Nc2nc(Nc3ccc(C)c(OCCOCC)c3)nc(Nc3ccc(OC)c(OCCOCC)c3)n2)ccc1C.COc1ccc(Nc2nc(Nc3ccc(C)c(C)c3)nc(Nc3ccc(OC)c(C)c3)n2)cc1C.CSc1cc2cn(-c3nc(-n4cc5cc(C)c(C)cc5c4)nc(-n4cc5cc(SC)c(SC)cc5c4)n3)cc2cc1C. The number of aryl methyl sites for hydroxylation is 9. The Hall–Kier alpha value is -12.8. The molecule has 0 radical (unpaired) electrons. The van der Waals surface area contributed by atoms with Crippen molar-refractivity contribution in [3.63, 3.8) is 0 Å². The minimum absolute atomic E-state index is 0.297. The molecule has 0 aliphatic rings. The summed E-state index contributed by atoms with van der Waals surface area (Å²) in [5, 5.41) is 26.7. The van der Waals surface area contributed by atoms with Gasteiger partial charge in [0.1, 0.15) is 42.8 Å². The van der Waals surface area contributed by atoms with Gasteiger partial charge < -0.3 is 74.5 Å². The van der Waals surface area contributed by atoms with Crippen molar-refractivity contribution in [1.82, 2.24) is 58.6 Å². The molecule has 0 fully saturated rings. The summed E-state index contributed by atoms with van der Waals surface area (Å²) in [6, 6.07) is 48.3. The second-order valence-corrected chi connectivity index (χ2v) is 32.1. The van der Waals surface area contributed by atoms with Gasteiger partial charge in [0.25, 0.3) is 0 Å². The highest BCUT2D eigenvalue weighted by molar-refractivity contribution is 8.01. The number of hydrogen-bond acceptors (Lipinski definition) is 27. The molecule has 30 heteroatoms. The van der Waals surface area contributed by atoms with Gasteiger partial charge in [0.05, 0.1) is 41.2 Å². The first kappa shape index (κ1) is 90.9. The number of aromatic nitrogens is 12. The second kappa shape index (κ2) is 43.2. The quantitative estimate of drug-likeness (QED) is 0.0157. The Labute approximate surface area is 748 Å². The first-order valence-corrected chi connectivity index (χ1v) is 45.0. The summed E-state index contributed by atoms with van der Waals surface area (Å²) in [5.41, 5.74) is 15.0. The molecule has 654 valence electrons. The summed E-state index contributed by atoms with van der Waals surface area (Å²) in [6.45, 7) is 29.1. The molecular formula is C96H108N18O9S3. The number of rotatable bonds is 36. The van der Waals surface area contributed by atoms with Crippen molar-refractivity contribution in [3.8, 4) is 52.3 Å². The molecule has 0 atom stereocenters. The normalized spacial score (nSPS) is 11.1. The Morgan fingerprint density at radius 2 is 0.524 bits per heavy atom. The van der Waals surface area contributed by atoms with Crippen LogP contribution in [-0.4, -0.2) is 158 Å². The van der Waals surface area contributed by atoms with Crippen molar-refractivity contribution in [3.05, 3.63) is 233 Å². The average molecular weight is 1750 g/mol. The summed E-state index contributed by atoms with van der Waals surface area (Å²) in [4.78, 5) is 46.6. The summed E-state index contributed by atoms with van der Waals surface area (Å²) in [5.74, 6) is 8.15. The molecule has 0 aliphatic heterocycles. The summed E-state index contributed by atoms with van der Waals surface area (Å²) >= 11 is 5.30. The largest absolute Gasteiger partial charge is 0.496 e. The van der Waals surface area contributed by atoms with E-state index in [1.165, 1.54) is 42.5 Å². The fourth-order valence-electron chi connectivity index (χ4n) is 13.6. The van der Waals surface area contributed by atoms with E-state index in [4.69, 9.17) is 57.6 Å². The molecule has 0 aliphatic carbocycles. The van der Waals surface area contributed by atoms with E-state index >= 15 is 0 Å². The Morgan fingerprint density at radius 1 is 0.254 bits per heavy atom. The molecule has 27 nitrogen and oxygen atoms in total. The van der Waals surface area contributed by atoms with Crippen molar-refractivity contribution in [2.75, 3.05) is 131 Å². The van der Waals surface area contributed by atoms with Crippen LogP contribution in [0.25, 0.3) is 50.2 Å². The molecule has 0 spiro atoms. The van der Waals surface area contributed by atoms with Crippen LogP contribution in [0.15, 0.2) is 197 Å². The number of nitrogens with one attached hydrogen (secondary N) is 6. The first-order valence-electron chi connectivity index (χ1n) is 41.4. The molecular weight excluding hydrogens is 1650 g/mol. The lowest BCUT2D eigenvalue weighted by molar-refractivity contribution is 0.109. The fraction of sp³-hybridized carbons (Fsp3) is 0.281. The van der Waals surface area contributed by atoms with E-state index < -0.39 is 0 Å². The van der Waals surface area contributed by atoms with Gasteiger partial charge in [-0.15, -0.1) is 35.3 Å². The molecule has 15 aromatic rings. The van der Waals surface area contributed by atoms with Gasteiger partial charge in [0, 0.05) is 156 Å². The van der Waals surface area contributed by atoms with Crippen LogP contribution in [0, 0.1) is 62.3 Å². The molecule has 0 amide bonds. The molecule has 6 N–H and O–H groups in total. The van der Waals surface area contributed by atoms with E-state index in [0.717, 1.165) is 106 Å². The fourth-order valence-corrected chi connectivity index (χ4v) is 15.8. The number of thioether (sulfide) groups is 3. The van der Waals surface area contributed by atoms with E-state index in [1.807, 2.05) is 159 Å². The number of nitrogens with zero attached hydrogens (tertiary/aromatic N) is 12. The molecule has 0 unspecified atom stereocenters. The Kier molecular flexibility index (Phi) is 31.1. The van der Waals surface area contributed by atoms with Crippen LogP contribution in [-0.2, 0) is 14.2 Å². The van der Waals surface area contributed by atoms with Gasteiger partial charge in [0.15, 0.2) is 11.5 Å². The van der Waals surface area contributed by atoms with E-state index in [1.54, 1.807) is 56.6 Å². The highest BCUT2D eigenvalue weighted by Crippen LogP contribution is 2.38. The van der Waals surface area contributed by atoms with Crippen LogP contribution in [0.2, 0.25) is 0 Å². The van der Waals surface area contributed by atoms with Crippen molar-refractivity contribution in [2.45, 2.75) is 97.8 Å². The van der Waals surface area contributed by atoms with Crippen LogP contribution in [0.5, 0.6) is 34.5 Å². The molecule has 0 bridgehead atoms. The highest BCUT2D eigenvalue weighted by atomic mass is 32.2. The minimum atomic E-state index is 0.297. The maximum Gasteiger partial charge on any atom is 0.240 e. The lowest BCUT2D eigenvalue weighted by atomic mass is 10.1. The van der Waals surface area contributed by atoms with Crippen LogP contribution in [0.4, 0.5) is 69.8 Å². The number of ether oxygens (including phenoxy) is 9. The average Bonchev–Trinajstić information content (AvgIpc) is 1.62. The molecule has 6 aromatic heterocycles. The Balaban J connectivity index is 0.000000164. The smallest absolute Gasteiger partial charge is 0.240 e. The summed E-state index contributed by atoms with van der Waals surface area (Å²) < 4.78 is 56.4. The highest BCUT2D eigenvalue weighted by Gasteiger charge is 2.20. The zero-order chi connectivity index (χ0) is 88.9. The Bertz CT molecular complexity index is 6070. The van der Waals surface area contributed by atoms with E-state index in [-0.39, 0.29) is 0 Å². The predicted molar refractivity (Wildman–Crippen MR) is 512 cm³/mol. The zero-order valence-electron chi connectivity index (χ0n) is 74.5. The molecule has 6 heterocycles. The zero-order valence-corrected chi connectivity index (χ0v) is 76.9. The second-order valence-electron chi connectivity index (χ2n) is 29.6. The molecule has 126 heavy (non-hydrogen) atoms.